The molecular weight excluding hydrogens is 225 g/mol. The standard InChI is InChI=1S/C9H11F3N2O2/c1-5(2)3-6(15)4-7-13-14-8(16-7)9(10,11)12/h5H,3-4H2,1-2H3. The van der Waals surface area contributed by atoms with E-state index in [0.717, 1.165) is 0 Å². The summed E-state index contributed by atoms with van der Waals surface area (Å²) in [6.45, 7) is 3.68. The van der Waals surface area contributed by atoms with Gasteiger partial charge in [0, 0.05) is 6.42 Å². The van der Waals surface area contributed by atoms with Gasteiger partial charge in [0.15, 0.2) is 0 Å². The van der Waals surface area contributed by atoms with Gasteiger partial charge in [-0.05, 0) is 5.92 Å². The van der Waals surface area contributed by atoms with Crippen molar-refractivity contribution in [3.8, 4) is 0 Å². The highest BCUT2D eigenvalue weighted by atomic mass is 19.4. The van der Waals surface area contributed by atoms with Crippen LogP contribution in [0.1, 0.15) is 32.0 Å². The minimum atomic E-state index is -4.66. The first-order valence-corrected chi connectivity index (χ1v) is 4.70. The molecule has 4 nitrogen and oxygen atoms in total. The maximum absolute atomic E-state index is 12.1. The van der Waals surface area contributed by atoms with Gasteiger partial charge in [0.05, 0.1) is 6.42 Å². The second-order valence-corrected chi connectivity index (χ2v) is 3.81. The molecule has 0 saturated carbocycles. The highest BCUT2D eigenvalue weighted by Gasteiger charge is 2.38. The average Bonchev–Trinajstić information content (AvgIpc) is 2.49. The van der Waals surface area contributed by atoms with E-state index in [2.05, 4.69) is 14.6 Å². The lowest BCUT2D eigenvalue weighted by Gasteiger charge is -2.00. The summed E-state index contributed by atoms with van der Waals surface area (Å²) in [5, 5.41) is 6.00. The average molecular weight is 236 g/mol. The summed E-state index contributed by atoms with van der Waals surface area (Å²) in [5.74, 6) is -1.78. The minimum absolute atomic E-state index is 0.150. The molecule has 1 rings (SSSR count). The fourth-order valence-corrected chi connectivity index (χ4v) is 1.14. The van der Waals surface area contributed by atoms with E-state index in [9.17, 15) is 18.0 Å². The van der Waals surface area contributed by atoms with Crippen molar-refractivity contribution in [3.05, 3.63) is 11.8 Å². The van der Waals surface area contributed by atoms with Crippen LogP contribution in [0.4, 0.5) is 13.2 Å². The first-order valence-electron chi connectivity index (χ1n) is 4.70. The van der Waals surface area contributed by atoms with Gasteiger partial charge in [-0.2, -0.15) is 13.2 Å². The summed E-state index contributed by atoms with van der Waals surface area (Å²) in [6, 6.07) is 0. The molecule has 0 unspecified atom stereocenters. The molecule has 0 aliphatic carbocycles. The molecule has 0 radical (unpaired) electrons. The van der Waals surface area contributed by atoms with Crippen LogP contribution in [0.25, 0.3) is 0 Å². The molecule has 0 aliphatic heterocycles. The van der Waals surface area contributed by atoms with Crippen molar-refractivity contribution in [2.24, 2.45) is 5.92 Å². The monoisotopic (exact) mass is 236 g/mol. The van der Waals surface area contributed by atoms with E-state index < -0.39 is 12.1 Å². The predicted octanol–water partition coefficient (Wildman–Crippen LogP) is 2.25. The number of carbonyl (C=O) groups is 1. The van der Waals surface area contributed by atoms with Gasteiger partial charge in [-0.15, -0.1) is 10.2 Å². The molecule has 0 saturated heterocycles. The normalized spacial score (nSPS) is 12.1. The van der Waals surface area contributed by atoms with E-state index in [1.54, 1.807) is 0 Å². The molecule has 7 heteroatoms. The van der Waals surface area contributed by atoms with Crippen LogP contribution in [0.15, 0.2) is 4.42 Å². The number of ketones is 1. The van der Waals surface area contributed by atoms with Crippen molar-refractivity contribution in [1.29, 1.82) is 0 Å². The number of aromatic nitrogens is 2. The van der Waals surface area contributed by atoms with Crippen LogP contribution in [0.2, 0.25) is 0 Å². The molecule has 0 bridgehead atoms. The van der Waals surface area contributed by atoms with Crippen LogP contribution < -0.4 is 0 Å². The maximum Gasteiger partial charge on any atom is 0.470 e. The lowest BCUT2D eigenvalue weighted by Crippen LogP contribution is -2.06. The molecule has 0 spiro atoms. The number of Topliss-reactive ketones (excluding diaryl/α,β-unsaturated/α-hetero) is 1. The van der Waals surface area contributed by atoms with Crippen LogP contribution in [0, 0.1) is 5.92 Å². The van der Waals surface area contributed by atoms with Crippen LogP contribution in [-0.4, -0.2) is 16.0 Å². The van der Waals surface area contributed by atoms with E-state index in [4.69, 9.17) is 0 Å². The quantitative estimate of drug-likeness (QED) is 0.804. The summed E-state index contributed by atoms with van der Waals surface area (Å²) in [4.78, 5) is 11.3. The van der Waals surface area contributed by atoms with Gasteiger partial charge >= 0.3 is 12.1 Å². The second-order valence-electron chi connectivity index (χ2n) is 3.81. The van der Waals surface area contributed by atoms with E-state index in [0.29, 0.717) is 0 Å². The Hall–Kier alpha value is -1.40. The zero-order valence-electron chi connectivity index (χ0n) is 8.84. The number of hydrogen-bond acceptors (Lipinski definition) is 4. The summed E-state index contributed by atoms with van der Waals surface area (Å²) >= 11 is 0. The maximum atomic E-state index is 12.1. The lowest BCUT2D eigenvalue weighted by atomic mass is 10.1. The molecule has 0 atom stereocenters. The molecule has 1 aromatic rings. The van der Waals surface area contributed by atoms with E-state index in [-0.39, 0.29) is 30.4 Å². The number of nitrogens with zero attached hydrogens (tertiary/aromatic N) is 2. The van der Waals surface area contributed by atoms with Crippen molar-refractivity contribution < 1.29 is 22.4 Å². The summed E-state index contributed by atoms with van der Waals surface area (Å²) in [6.07, 6.45) is -4.63. The van der Waals surface area contributed by atoms with E-state index >= 15 is 0 Å². The van der Waals surface area contributed by atoms with Crippen molar-refractivity contribution in [3.63, 3.8) is 0 Å². The molecule has 1 heterocycles. The van der Waals surface area contributed by atoms with Gasteiger partial charge in [-0.3, -0.25) is 4.79 Å². The zero-order chi connectivity index (χ0) is 12.3. The Labute approximate surface area is 89.8 Å². The number of halogens is 3. The van der Waals surface area contributed by atoms with Gasteiger partial charge in [0.25, 0.3) is 0 Å². The van der Waals surface area contributed by atoms with Crippen LogP contribution in [0.3, 0.4) is 0 Å². The second kappa shape index (κ2) is 4.63. The number of alkyl halides is 3. The molecule has 90 valence electrons. The fraction of sp³-hybridized carbons (Fsp3) is 0.667. The van der Waals surface area contributed by atoms with Crippen molar-refractivity contribution >= 4 is 5.78 Å². The number of hydrogen-bond donors (Lipinski definition) is 0. The SMILES string of the molecule is CC(C)CC(=O)Cc1nnc(C(F)(F)F)o1. The first kappa shape index (κ1) is 12.7. The Bertz CT molecular complexity index is 371. The Morgan fingerprint density at radius 2 is 2.00 bits per heavy atom. The Balaban J connectivity index is 2.62. The smallest absolute Gasteiger partial charge is 0.417 e. The van der Waals surface area contributed by atoms with Crippen LogP contribution >= 0.6 is 0 Å². The molecule has 0 amide bonds. The van der Waals surface area contributed by atoms with E-state index in [1.807, 2.05) is 13.8 Å². The fourth-order valence-electron chi connectivity index (χ4n) is 1.14. The van der Waals surface area contributed by atoms with Gasteiger partial charge in [0.2, 0.25) is 5.89 Å². The molecule has 0 N–H and O–H groups in total. The van der Waals surface area contributed by atoms with Crippen molar-refractivity contribution in [2.75, 3.05) is 0 Å². The van der Waals surface area contributed by atoms with E-state index in [1.165, 1.54) is 0 Å². The third kappa shape index (κ3) is 3.63. The van der Waals surface area contributed by atoms with Crippen molar-refractivity contribution in [2.45, 2.75) is 32.9 Å². The molecule has 0 aromatic carbocycles. The molecule has 0 aliphatic rings. The molecule has 16 heavy (non-hydrogen) atoms. The number of rotatable bonds is 4. The van der Waals surface area contributed by atoms with Crippen molar-refractivity contribution in [1.82, 2.24) is 10.2 Å². The van der Waals surface area contributed by atoms with Crippen LogP contribution in [-0.2, 0) is 17.4 Å². The summed E-state index contributed by atoms with van der Waals surface area (Å²) < 4.78 is 40.5. The topological polar surface area (TPSA) is 56.0 Å². The molecule has 0 fully saturated rings. The molecular formula is C9H11F3N2O2. The zero-order valence-corrected chi connectivity index (χ0v) is 8.84. The van der Waals surface area contributed by atoms with Crippen LogP contribution in [0.5, 0.6) is 0 Å². The Morgan fingerprint density at radius 1 is 1.38 bits per heavy atom. The summed E-state index contributed by atoms with van der Waals surface area (Å²) in [5.41, 5.74) is 0. The van der Waals surface area contributed by atoms with Gasteiger partial charge in [-0.1, -0.05) is 13.8 Å². The Morgan fingerprint density at radius 3 is 2.44 bits per heavy atom. The minimum Gasteiger partial charge on any atom is -0.417 e. The Kier molecular flexibility index (Phi) is 3.66. The molecule has 1 aromatic heterocycles. The third-order valence-corrected chi connectivity index (χ3v) is 1.69. The lowest BCUT2D eigenvalue weighted by molar-refractivity contribution is -0.157. The highest BCUT2D eigenvalue weighted by Crippen LogP contribution is 2.27. The summed E-state index contributed by atoms with van der Waals surface area (Å²) in [7, 11) is 0. The number of carbonyl (C=O) groups excluding carboxylic acids is 1. The first-order chi connectivity index (χ1) is 7.29. The van der Waals surface area contributed by atoms with Gasteiger partial charge in [0.1, 0.15) is 5.78 Å². The predicted molar refractivity (Wildman–Crippen MR) is 47.5 cm³/mol. The van der Waals surface area contributed by atoms with Gasteiger partial charge in [-0.25, -0.2) is 0 Å². The highest BCUT2D eigenvalue weighted by molar-refractivity contribution is 5.80. The third-order valence-electron chi connectivity index (χ3n) is 1.69. The van der Waals surface area contributed by atoms with Gasteiger partial charge < -0.3 is 4.42 Å². The largest absolute Gasteiger partial charge is 0.470 e.